The first kappa shape index (κ1) is 19.0. The van der Waals surface area contributed by atoms with Crippen LogP contribution in [0.5, 0.6) is 0 Å². The molecule has 2 N–H and O–H groups in total. The van der Waals surface area contributed by atoms with Crippen molar-refractivity contribution in [1.29, 1.82) is 0 Å². The van der Waals surface area contributed by atoms with Crippen molar-refractivity contribution in [2.45, 2.75) is 38.8 Å². The molecule has 3 rings (SSSR count). The van der Waals surface area contributed by atoms with Crippen LogP contribution in [0.4, 0.5) is 4.79 Å². The first-order chi connectivity index (χ1) is 13.0. The molecular formula is C22H27N3O2. The summed E-state index contributed by atoms with van der Waals surface area (Å²) in [6, 6.07) is 18.1. The quantitative estimate of drug-likeness (QED) is 0.872. The molecule has 1 aliphatic rings. The van der Waals surface area contributed by atoms with Crippen LogP contribution in [0, 0.1) is 6.92 Å². The highest BCUT2D eigenvalue weighted by molar-refractivity contribution is 5.76. The minimum atomic E-state index is -0.187. The van der Waals surface area contributed by atoms with E-state index in [0.29, 0.717) is 13.1 Å². The highest BCUT2D eigenvalue weighted by Crippen LogP contribution is 2.25. The van der Waals surface area contributed by atoms with Crippen molar-refractivity contribution in [3.05, 3.63) is 71.3 Å². The molecule has 1 atom stereocenters. The van der Waals surface area contributed by atoms with E-state index in [4.69, 9.17) is 0 Å². The number of likely N-dealkylation sites (tertiary alicyclic amines) is 1. The molecular weight excluding hydrogens is 338 g/mol. The topological polar surface area (TPSA) is 61.4 Å². The van der Waals surface area contributed by atoms with Gasteiger partial charge in [0.2, 0.25) is 5.91 Å². The van der Waals surface area contributed by atoms with E-state index < -0.39 is 0 Å². The third kappa shape index (κ3) is 4.88. The van der Waals surface area contributed by atoms with Crippen molar-refractivity contribution in [1.82, 2.24) is 15.5 Å². The fourth-order valence-corrected chi connectivity index (χ4v) is 3.63. The number of carbonyl (C=O) groups excluding carboxylic acids is 2. The molecule has 0 aliphatic carbocycles. The first-order valence-electron chi connectivity index (χ1n) is 9.47. The normalized spacial score (nSPS) is 15.9. The average Bonchev–Trinajstić information content (AvgIpc) is 2.67. The van der Waals surface area contributed by atoms with Gasteiger partial charge in [-0.25, -0.2) is 4.79 Å². The maximum absolute atomic E-state index is 12.9. The van der Waals surface area contributed by atoms with Crippen LogP contribution in [0.1, 0.15) is 42.5 Å². The van der Waals surface area contributed by atoms with Crippen LogP contribution >= 0.6 is 0 Å². The lowest BCUT2D eigenvalue weighted by Crippen LogP contribution is -2.49. The molecule has 1 fully saturated rings. The standard InChI is InChI=1S/C22H27N3O2/c1-16-8-6-7-11-20(16)21(18-9-4-3-5-10-18)24-22(27)25-14-12-19(13-15-25)23-17(2)26/h3-11,19,21H,12-15H2,1-2H3,(H,23,26)(H,24,27)/t21-/m1/s1. The molecule has 0 unspecified atom stereocenters. The van der Waals surface area contributed by atoms with Gasteiger partial charge in [0.05, 0.1) is 6.04 Å². The second-order valence-corrected chi connectivity index (χ2v) is 7.11. The van der Waals surface area contributed by atoms with Crippen molar-refractivity contribution in [2.24, 2.45) is 0 Å². The Balaban J connectivity index is 1.72. The van der Waals surface area contributed by atoms with Crippen LogP contribution in [0.3, 0.4) is 0 Å². The SMILES string of the molecule is CC(=O)NC1CCN(C(=O)N[C@H](c2ccccc2)c2ccccc2C)CC1. The van der Waals surface area contributed by atoms with Crippen LogP contribution in [-0.4, -0.2) is 36.0 Å². The Labute approximate surface area is 160 Å². The number of hydrogen-bond acceptors (Lipinski definition) is 2. The Hall–Kier alpha value is -2.82. The molecule has 27 heavy (non-hydrogen) atoms. The monoisotopic (exact) mass is 365 g/mol. The summed E-state index contributed by atoms with van der Waals surface area (Å²) in [7, 11) is 0. The summed E-state index contributed by atoms with van der Waals surface area (Å²) in [5.41, 5.74) is 3.31. The second kappa shape index (κ2) is 8.71. The van der Waals surface area contributed by atoms with Gasteiger partial charge in [-0.05, 0) is 36.5 Å². The summed E-state index contributed by atoms with van der Waals surface area (Å²) < 4.78 is 0. The summed E-state index contributed by atoms with van der Waals surface area (Å²) in [5, 5.41) is 6.16. The van der Waals surface area contributed by atoms with E-state index >= 15 is 0 Å². The summed E-state index contributed by atoms with van der Waals surface area (Å²) in [6.45, 7) is 4.89. The average molecular weight is 365 g/mol. The molecule has 0 saturated carbocycles. The zero-order chi connectivity index (χ0) is 19.2. The third-order valence-corrected chi connectivity index (χ3v) is 5.09. The van der Waals surface area contributed by atoms with Crippen LogP contribution in [0.15, 0.2) is 54.6 Å². The van der Waals surface area contributed by atoms with E-state index in [1.165, 1.54) is 6.92 Å². The number of urea groups is 1. The smallest absolute Gasteiger partial charge is 0.318 e. The van der Waals surface area contributed by atoms with Gasteiger partial charge in [0, 0.05) is 26.1 Å². The van der Waals surface area contributed by atoms with Crippen molar-refractivity contribution in [2.75, 3.05) is 13.1 Å². The van der Waals surface area contributed by atoms with E-state index in [2.05, 4.69) is 29.7 Å². The lowest BCUT2D eigenvalue weighted by molar-refractivity contribution is -0.119. The molecule has 5 nitrogen and oxygen atoms in total. The number of aryl methyl sites for hydroxylation is 1. The molecule has 0 aromatic heterocycles. The van der Waals surface area contributed by atoms with Crippen LogP contribution in [-0.2, 0) is 4.79 Å². The van der Waals surface area contributed by atoms with Crippen LogP contribution in [0.2, 0.25) is 0 Å². The van der Waals surface area contributed by atoms with Crippen molar-refractivity contribution in [3.63, 3.8) is 0 Å². The second-order valence-electron chi connectivity index (χ2n) is 7.11. The number of hydrogen-bond donors (Lipinski definition) is 2. The Morgan fingerprint density at radius 3 is 2.26 bits per heavy atom. The maximum atomic E-state index is 12.9. The van der Waals surface area contributed by atoms with Gasteiger partial charge < -0.3 is 15.5 Å². The van der Waals surface area contributed by atoms with Crippen LogP contribution < -0.4 is 10.6 Å². The van der Waals surface area contributed by atoms with E-state index in [0.717, 1.165) is 29.5 Å². The van der Waals surface area contributed by atoms with E-state index in [1.54, 1.807) is 0 Å². The minimum absolute atomic E-state index is 0.0124. The van der Waals surface area contributed by atoms with Gasteiger partial charge in [0.1, 0.15) is 0 Å². The molecule has 5 heteroatoms. The predicted octanol–water partition coefficient (Wildman–Crippen LogP) is 3.39. The van der Waals surface area contributed by atoms with Gasteiger partial charge in [0.25, 0.3) is 0 Å². The van der Waals surface area contributed by atoms with Gasteiger partial charge >= 0.3 is 6.03 Å². The molecule has 0 radical (unpaired) electrons. The first-order valence-corrected chi connectivity index (χ1v) is 9.47. The number of benzene rings is 2. The maximum Gasteiger partial charge on any atom is 0.318 e. The zero-order valence-electron chi connectivity index (χ0n) is 15.9. The van der Waals surface area contributed by atoms with Gasteiger partial charge in [-0.3, -0.25) is 4.79 Å². The largest absolute Gasteiger partial charge is 0.353 e. The molecule has 0 bridgehead atoms. The Morgan fingerprint density at radius 2 is 1.63 bits per heavy atom. The summed E-state index contributed by atoms with van der Waals surface area (Å²) >= 11 is 0. The fourth-order valence-electron chi connectivity index (χ4n) is 3.63. The molecule has 0 spiro atoms. The summed E-state index contributed by atoms with van der Waals surface area (Å²) in [4.78, 5) is 26.0. The molecule has 1 saturated heterocycles. The Kier molecular flexibility index (Phi) is 6.12. The van der Waals surface area contributed by atoms with E-state index in [9.17, 15) is 9.59 Å². The van der Waals surface area contributed by atoms with Gasteiger partial charge in [-0.2, -0.15) is 0 Å². The van der Waals surface area contributed by atoms with E-state index in [-0.39, 0.29) is 24.0 Å². The van der Waals surface area contributed by atoms with Gasteiger partial charge in [0.15, 0.2) is 0 Å². The lowest BCUT2D eigenvalue weighted by Gasteiger charge is -2.33. The number of carbonyl (C=O) groups is 2. The van der Waals surface area contributed by atoms with Gasteiger partial charge in [-0.15, -0.1) is 0 Å². The molecule has 142 valence electrons. The fraction of sp³-hybridized carbons (Fsp3) is 0.364. The molecule has 1 aliphatic heterocycles. The minimum Gasteiger partial charge on any atom is -0.353 e. The van der Waals surface area contributed by atoms with Crippen molar-refractivity contribution < 1.29 is 9.59 Å². The van der Waals surface area contributed by atoms with Gasteiger partial charge in [-0.1, -0.05) is 54.6 Å². The third-order valence-electron chi connectivity index (χ3n) is 5.09. The molecule has 2 aromatic rings. The summed E-state index contributed by atoms with van der Waals surface area (Å²) in [5.74, 6) is -0.0124. The predicted molar refractivity (Wildman–Crippen MR) is 106 cm³/mol. The zero-order valence-corrected chi connectivity index (χ0v) is 15.9. The Morgan fingerprint density at radius 1 is 1.00 bits per heavy atom. The molecule has 1 heterocycles. The molecule has 2 aromatic carbocycles. The highest BCUT2D eigenvalue weighted by atomic mass is 16.2. The number of rotatable bonds is 4. The number of nitrogens with one attached hydrogen (secondary N) is 2. The van der Waals surface area contributed by atoms with Crippen LogP contribution in [0.25, 0.3) is 0 Å². The number of nitrogens with zero attached hydrogens (tertiary/aromatic N) is 1. The number of piperidine rings is 1. The summed E-state index contributed by atoms with van der Waals surface area (Å²) in [6.07, 6.45) is 1.57. The number of amides is 3. The Bertz CT molecular complexity index is 783. The van der Waals surface area contributed by atoms with E-state index in [1.807, 2.05) is 47.4 Å². The lowest BCUT2D eigenvalue weighted by atomic mass is 9.95. The molecule has 3 amide bonds. The van der Waals surface area contributed by atoms with Crippen molar-refractivity contribution >= 4 is 11.9 Å². The highest BCUT2D eigenvalue weighted by Gasteiger charge is 2.26. The van der Waals surface area contributed by atoms with Crippen molar-refractivity contribution in [3.8, 4) is 0 Å².